The summed E-state index contributed by atoms with van der Waals surface area (Å²) in [5.74, 6) is 7.98. The van der Waals surface area contributed by atoms with Crippen molar-refractivity contribution in [2.75, 3.05) is 32.0 Å². The van der Waals surface area contributed by atoms with E-state index in [1.165, 1.54) is 0 Å². The molecule has 4 atom stereocenters. The van der Waals surface area contributed by atoms with Gasteiger partial charge in [-0.05, 0) is 27.7 Å². The third-order valence-corrected chi connectivity index (χ3v) is 4.83. The summed E-state index contributed by atoms with van der Waals surface area (Å²) in [6, 6.07) is 1.97. The Hall–Kier alpha value is -1.22. The predicted molar refractivity (Wildman–Crippen MR) is 94.8 cm³/mol. The van der Waals surface area contributed by atoms with Gasteiger partial charge in [0.05, 0.1) is 13.1 Å². The molecule has 2 aliphatic heterocycles. The minimum absolute atomic E-state index is 0.492. The Morgan fingerprint density at radius 3 is 1.46 bits per heavy atom. The average Bonchev–Trinajstić information content (AvgIpc) is 2.78. The van der Waals surface area contributed by atoms with Crippen LogP contribution in [0.5, 0.6) is 0 Å². The van der Waals surface area contributed by atoms with Gasteiger partial charge in [-0.15, -0.1) is 10.2 Å². The molecule has 0 bridgehead atoms. The molecule has 2 saturated heterocycles. The zero-order valence-corrected chi connectivity index (χ0v) is 15.4. The van der Waals surface area contributed by atoms with Gasteiger partial charge in [0.25, 0.3) is 0 Å². The van der Waals surface area contributed by atoms with Crippen molar-refractivity contribution in [1.82, 2.24) is 35.3 Å². The summed E-state index contributed by atoms with van der Waals surface area (Å²) in [6.07, 6.45) is 0. The molecule has 8 nitrogen and oxygen atoms in total. The fraction of sp³-hybridized carbons (Fsp3) is 0.875. The first kappa shape index (κ1) is 17.6. The Morgan fingerprint density at radius 2 is 1.12 bits per heavy atom. The summed E-state index contributed by atoms with van der Waals surface area (Å²) in [7, 11) is 0. The molecule has 0 unspecified atom stereocenters. The quantitative estimate of drug-likeness (QED) is 0.630. The summed E-state index contributed by atoms with van der Waals surface area (Å²) >= 11 is 0. The van der Waals surface area contributed by atoms with E-state index >= 15 is 0 Å². The van der Waals surface area contributed by atoms with Crippen LogP contribution in [0.3, 0.4) is 0 Å². The van der Waals surface area contributed by atoms with Crippen molar-refractivity contribution in [1.29, 1.82) is 0 Å². The SMILES string of the molecule is C[C@@H]1CN(Cc2nnc(CN3C[C@@H](C)N[C@@H](C)C3)n2N)C[C@H](C)N1. The lowest BCUT2D eigenvalue weighted by Crippen LogP contribution is -2.54. The summed E-state index contributed by atoms with van der Waals surface area (Å²) in [5.41, 5.74) is 0. The van der Waals surface area contributed by atoms with E-state index < -0.39 is 0 Å². The molecule has 8 heteroatoms. The molecule has 3 rings (SSSR count). The normalized spacial score (nSPS) is 33.0. The van der Waals surface area contributed by atoms with Crippen molar-refractivity contribution >= 4 is 0 Å². The zero-order chi connectivity index (χ0) is 17.3. The largest absolute Gasteiger partial charge is 0.336 e. The van der Waals surface area contributed by atoms with Crippen molar-refractivity contribution in [3.63, 3.8) is 0 Å². The summed E-state index contributed by atoms with van der Waals surface area (Å²) in [4.78, 5) is 4.80. The molecule has 3 heterocycles. The van der Waals surface area contributed by atoms with Crippen molar-refractivity contribution in [3.05, 3.63) is 11.6 Å². The van der Waals surface area contributed by atoms with Crippen LogP contribution in [0.15, 0.2) is 0 Å². The first-order valence-electron chi connectivity index (χ1n) is 9.05. The van der Waals surface area contributed by atoms with E-state index in [-0.39, 0.29) is 0 Å². The Bertz CT molecular complexity index is 479. The van der Waals surface area contributed by atoms with Crippen LogP contribution >= 0.6 is 0 Å². The van der Waals surface area contributed by atoms with Gasteiger partial charge in [-0.2, -0.15) is 0 Å². The van der Waals surface area contributed by atoms with Gasteiger partial charge in [0.15, 0.2) is 11.6 Å². The minimum atomic E-state index is 0.492. The molecular weight excluding hydrogens is 304 g/mol. The van der Waals surface area contributed by atoms with Gasteiger partial charge >= 0.3 is 0 Å². The molecule has 0 spiro atoms. The van der Waals surface area contributed by atoms with Gasteiger partial charge in [0, 0.05) is 50.3 Å². The second kappa shape index (κ2) is 7.35. The number of rotatable bonds is 4. The highest BCUT2D eigenvalue weighted by Gasteiger charge is 2.25. The van der Waals surface area contributed by atoms with E-state index in [1.807, 2.05) is 0 Å². The Kier molecular flexibility index (Phi) is 5.39. The first-order valence-corrected chi connectivity index (χ1v) is 9.05. The van der Waals surface area contributed by atoms with E-state index in [1.54, 1.807) is 4.68 Å². The zero-order valence-electron chi connectivity index (χ0n) is 15.4. The Balaban J connectivity index is 1.61. The predicted octanol–water partition coefficient (Wildman–Crippen LogP) is -0.644. The van der Waals surface area contributed by atoms with Crippen molar-refractivity contribution in [2.45, 2.75) is 65.0 Å². The number of nitrogen functional groups attached to an aromatic ring is 1. The maximum Gasteiger partial charge on any atom is 0.165 e. The molecule has 0 aliphatic carbocycles. The topological polar surface area (TPSA) is 87.3 Å². The lowest BCUT2D eigenvalue weighted by Gasteiger charge is -2.36. The van der Waals surface area contributed by atoms with Gasteiger partial charge in [-0.3, -0.25) is 9.80 Å². The molecule has 4 N–H and O–H groups in total. The van der Waals surface area contributed by atoms with Gasteiger partial charge in [-0.25, -0.2) is 4.68 Å². The maximum absolute atomic E-state index is 6.28. The molecule has 2 aliphatic rings. The third kappa shape index (κ3) is 4.24. The molecule has 0 saturated carbocycles. The summed E-state index contributed by atoms with van der Waals surface area (Å²) < 4.78 is 1.69. The molecule has 24 heavy (non-hydrogen) atoms. The first-order chi connectivity index (χ1) is 11.4. The van der Waals surface area contributed by atoms with Crippen molar-refractivity contribution in [3.8, 4) is 0 Å². The van der Waals surface area contributed by atoms with Crippen LogP contribution in [0, 0.1) is 0 Å². The van der Waals surface area contributed by atoms with Crippen LogP contribution in [0.4, 0.5) is 0 Å². The molecule has 0 radical (unpaired) electrons. The maximum atomic E-state index is 6.28. The van der Waals surface area contributed by atoms with Gasteiger partial charge in [0.1, 0.15) is 0 Å². The molecule has 2 fully saturated rings. The van der Waals surface area contributed by atoms with Crippen LogP contribution in [0.2, 0.25) is 0 Å². The van der Waals surface area contributed by atoms with Gasteiger partial charge < -0.3 is 16.5 Å². The number of nitrogens with two attached hydrogens (primary N) is 1. The van der Waals surface area contributed by atoms with Crippen LogP contribution < -0.4 is 16.5 Å². The van der Waals surface area contributed by atoms with Crippen LogP contribution in [0.1, 0.15) is 39.3 Å². The second-order valence-corrected chi connectivity index (χ2v) is 7.73. The van der Waals surface area contributed by atoms with E-state index in [4.69, 9.17) is 5.84 Å². The molecule has 0 aromatic carbocycles. The number of piperazine rings is 2. The molecule has 0 amide bonds. The van der Waals surface area contributed by atoms with Crippen LogP contribution in [-0.4, -0.2) is 75.0 Å². The highest BCUT2D eigenvalue weighted by atomic mass is 15.4. The van der Waals surface area contributed by atoms with Crippen molar-refractivity contribution in [2.24, 2.45) is 0 Å². The molecule has 136 valence electrons. The molecule has 1 aromatic rings. The van der Waals surface area contributed by atoms with E-state index in [2.05, 4.69) is 58.3 Å². The van der Waals surface area contributed by atoms with E-state index in [0.717, 1.165) is 50.9 Å². The average molecular weight is 336 g/mol. The number of nitrogens with zero attached hydrogens (tertiary/aromatic N) is 5. The van der Waals surface area contributed by atoms with Gasteiger partial charge in [-0.1, -0.05) is 0 Å². The lowest BCUT2D eigenvalue weighted by molar-refractivity contribution is 0.158. The highest BCUT2D eigenvalue weighted by Crippen LogP contribution is 2.11. The smallest absolute Gasteiger partial charge is 0.165 e. The Labute approximate surface area is 144 Å². The van der Waals surface area contributed by atoms with Crippen LogP contribution in [0.25, 0.3) is 0 Å². The number of aromatic nitrogens is 3. The van der Waals surface area contributed by atoms with Crippen molar-refractivity contribution < 1.29 is 0 Å². The number of nitrogens with one attached hydrogen (secondary N) is 2. The van der Waals surface area contributed by atoms with Gasteiger partial charge in [0.2, 0.25) is 0 Å². The fourth-order valence-electron chi connectivity index (χ4n) is 4.12. The van der Waals surface area contributed by atoms with E-state index in [0.29, 0.717) is 24.2 Å². The standard InChI is InChI=1S/C16H32N8/c1-11-5-22(6-12(2)18-11)9-15-20-21-16(24(15)17)10-23-7-13(3)19-14(4)8-23/h11-14,18-19H,5-10,17H2,1-4H3/t11-,12+,13-,14+. The Morgan fingerprint density at radius 1 is 0.792 bits per heavy atom. The summed E-state index contributed by atoms with van der Waals surface area (Å²) in [5, 5.41) is 15.8. The fourth-order valence-corrected chi connectivity index (χ4v) is 4.12. The monoisotopic (exact) mass is 336 g/mol. The minimum Gasteiger partial charge on any atom is -0.336 e. The lowest BCUT2D eigenvalue weighted by atomic mass is 10.1. The molecule has 1 aromatic heterocycles. The third-order valence-electron chi connectivity index (χ3n) is 4.83. The van der Waals surface area contributed by atoms with Crippen LogP contribution in [-0.2, 0) is 13.1 Å². The number of hydrogen-bond donors (Lipinski definition) is 3. The number of hydrogen-bond acceptors (Lipinski definition) is 7. The highest BCUT2D eigenvalue weighted by molar-refractivity contribution is 4.98. The van der Waals surface area contributed by atoms with E-state index in [9.17, 15) is 0 Å². The second-order valence-electron chi connectivity index (χ2n) is 7.73. The summed E-state index contributed by atoms with van der Waals surface area (Å²) in [6.45, 7) is 14.4. The molecular formula is C16H32N8.